The molecule has 1 heterocycles. The largest absolute Gasteiger partial charge is 0.465 e. The fraction of sp³-hybridized carbons (Fsp3) is 0.231. The van der Waals surface area contributed by atoms with E-state index in [4.69, 9.17) is 4.42 Å². The van der Waals surface area contributed by atoms with Gasteiger partial charge in [0.1, 0.15) is 22.2 Å². The number of nitrogens with one attached hydrogen (secondary N) is 1. The zero-order valence-electron chi connectivity index (χ0n) is 11.3. The number of hydrogen-bond acceptors (Lipinski definition) is 4. The Morgan fingerprint density at radius 2 is 2.00 bits per heavy atom. The van der Waals surface area contributed by atoms with Crippen molar-refractivity contribution in [1.29, 1.82) is 0 Å². The van der Waals surface area contributed by atoms with E-state index in [-0.39, 0.29) is 26.4 Å². The molecule has 0 aliphatic carbocycles. The van der Waals surface area contributed by atoms with Crippen LogP contribution in [-0.4, -0.2) is 13.5 Å². The predicted octanol–water partition coefficient (Wildman–Crippen LogP) is 3.09. The maximum atomic E-state index is 13.4. The highest BCUT2D eigenvalue weighted by molar-refractivity contribution is 9.10. The van der Waals surface area contributed by atoms with Crippen LogP contribution in [0.4, 0.5) is 10.1 Å². The van der Waals surface area contributed by atoms with Gasteiger partial charge in [-0.1, -0.05) is 0 Å². The second kappa shape index (κ2) is 5.78. The molecule has 0 unspecified atom stereocenters. The smallest absolute Gasteiger partial charge is 0.265 e. The van der Waals surface area contributed by atoms with Gasteiger partial charge < -0.3 is 9.52 Å². The van der Waals surface area contributed by atoms with Crippen LogP contribution >= 0.6 is 15.9 Å². The summed E-state index contributed by atoms with van der Waals surface area (Å²) in [6.45, 7) is 2.59. The molecule has 114 valence electrons. The summed E-state index contributed by atoms with van der Waals surface area (Å²) in [5.41, 5.74) is 0.274. The van der Waals surface area contributed by atoms with E-state index in [0.29, 0.717) is 5.76 Å². The van der Waals surface area contributed by atoms with Gasteiger partial charge in [-0.2, -0.15) is 0 Å². The number of benzene rings is 1. The molecular weight excluding hydrogens is 365 g/mol. The molecule has 0 fully saturated rings. The summed E-state index contributed by atoms with van der Waals surface area (Å²) >= 11 is 2.99. The van der Waals surface area contributed by atoms with Crippen LogP contribution in [0.3, 0.4) is 0 Å². The van der Waals surface area contributed by atoms with Crippen molar-refractivity contribution in [3.8, 4) is 0 Å². The molecular formula is C13H13BrFNO4S. The first-order valence-electron chi connectivity index (χ1n) is 5.94. The molecule has 0 bridgehead atoms. The quantitative estimate of drug-likeness (QED) is 0.857. The molecule has 0 saturated heterocycles. The number of aryl methyl sites for hydroxylation is 2. The molecule has 0 aliphatic rings. The first-order chi connectivity index (χ1) is 9.76. The number of sulfonamides is 1. The average Bonchev–Trinajstić information content (AvgIpc) is 2.68. The zero-order chi connectivity index (χ0) is 15.8. The summed E-state index contributed by atoms with van der Waals surface area (Å²) in [5.74, 6) is -0.0864. The molecule has 5 nitrogen and oxygen atoms in total. The van der Waals surface area contributed by atoms with Crippen LogP contribution in [0.15, 0.2) is 32.0 Å². The average molecular weight is 378 g/mol. The molecule has 2 rings (SSSR count). The Balaban J connectivity index is 2.45. The van der Waals surface area contributed by atoms with E-state index >= 15 is 0 Å². The van der Waals surface area contributed by atoms with Crippen LogP contribution in [0.25, 0.3) is 0 Å². The molecule has 1 aromatic heterocycles. The van der Waals surface area contributed by atoms with E-state index in [0.717, 1.165) is 6.07 Å². The van der Waals surface area contributed by atoms with Crippen molar-refractivity contribution in [3.05, 3.63) is 45.6 Å². The summed E-state index contributed by atoms with van der Waals surface area (Å²) in [6.07, 6.45) is 0. The fourth-order valence-electron chi connectivity index (χ4n) is 2.01. The summed E-state index contributed by atoms with van der Waals surface area (Å²) in [6, 6.07) is 3.88. The summed E-state index contributed by atoms with van der Waals surface area (Å²) in [5, 5.41) is 9.30. The third-order valence-corrected chi connectivity index (χ3v) is 5.14. The highest BCUT2D eigenvalue weighted by Crippen LogP contribution is 2.29. The lowest BCUT2D eigenvalue weighted by atomic mass is 10.2. The lowest BCUT2D eigenvalue weighted by Gasteiger charge is -2.09. The number of hydrogen-bond donors (Lipinski definition) is 2. The highest BCUT2D eigenvalue weighted by Gasteiger charge is 2.26. The van der Waals surface area contributed by atoms with Crippen molar-refractivity contribution < 1.29 is 22.3 Å². The van der Waals surface area contributed by atoms with Crippen molar-refractivity contribution in [2.24, 2.45) is 0 Å². The first kappa shape index (κ1) is 16.0. The van der Waals surface area contributed by atoms with Crippen molar-refractivity contribution in [1.82, 2.24) is 0 Å². The van der Waals surface area contributed by atoms with E-state index < -0.39 is 22.4 Å². The maximum absolute atomic E-state index is 13.4. The summed E-state index contributed by atoms with van der Waals surface area (Å²) in [4.78, 5) is -0.120. The molecule has 21 heavy (non-hydrogen) atoms. The lowest BCUT2D eigenvalue weighted by Crippen LogP contribution is -2.15. The van der Waals surface area contributed by atoms with Crippen LogP contribution in [0.2, 0.25) is 0 Å². The number of aliphatic hydroxyl groups excluding tert-OH is 1. The van der Waals surface area contributed by atoms with Crippen molar-refractivity contribution >= 4 is 31.6 Å². The molecule has 2 N–H and O–H groups in total. The molecule has 0 saturated carbocycles. The summed E-state index contributed by atoms with van der Waals surface area (Å²) < 4.78 is 46.0. The van der Waals surface area contributed by atoms with Crippen LogP contribution in [-0.2, 0) is 16.6 Å². The van der Waals surface area contributed by atoms with Crippen LogP contribution in [0.5, 0.6) is 0 Å². The van der Waals surface area contributed by atoms with Gasteiger partial charge in [-0.3, -0.25) is 4.72 Å². The Labute approximate surface area is 130 Å². The fourth-order valence-corrected chi connectivity index (χ4v) is 3.75. The third-order valence-electron chi connectivity index (χ3n) is 2.92. The molecule has 1 aromatic carbocycles. The van der Waals surface area contributed by atoms with E-state index in [2.05, 4.69) is 20.7 Å². The molecule has 0 spiro atoms. The Morgan fingerprint density at radius 3 is 2.57 bits per heavy atom. The maximum Gasteiger partial charge on any atom is 0.265 e. The van der Waals surface area contributed by atoms with Gasteiger partial charge in [0.2, 0.25) is 0 Å². The Bertz CT molecular complexity index is 786. The predicted molar refractivity (Wildman–Crippen MR) is 79.0 cm³/mol. The molecule has 0 aliphatic heterocycles. The minimum atomic E-state index is -3.98. The van der Waals surface area contributed by atoms with Crippen molar-refractivity contribution in [2.75, 3.05) is 4.72 Å². The first-order valence-corrected chi connectivity index (χ1v) is 8.21. The van der Waals surface area contributed by atoms with Crippen LogP contribution < -0.4 is 4.72 Å². The van der Waals surface area contributed by atoms with Gasteiger partial charge in [0.15, 0.2) is 0 Å². The lowest BCUT2D eigenvalue weighted by molar-refractivity contribution is 0.276. The molecule has 0 atom stereocenters. The van der Waals surface area contributed by atoms with E-state index in [1.807, 2.05) is 0 Å². The molecule has 0 amide bonds. The van der Waals surface area contributed by atoms with Gasteiger partial charge >= 0.3 is 0 Å². The van der Waals surface area contributed by atoms with Gasteiger partial charge in [0.25, 0.3) is 10.0 Å². The Hall–Kier alpha value is -1.38. The minimum absolute atomic E-state index is 0.0813. The number of furan rings is 1. The topological polar surface area (TPSA) is 79.5 Å². The Morgan fingerprint density at radius 1 is 1.33 bits per heavy atom. The third kappa shape index (κ3) is 3.12. The van der Waals surface area contributed by atoms with Crippen LogP contribution in [0.1, 0.15) is 17.1 Å². The number of anilines is 1. The number of aliphatic hydroxyl groups is 1. The Kier molecular flexibility index (Phi) is 4.40. The van der Waals surface area contributed by atoms with Crippen molar-refractivity contribution in [2.45, 2.75) is 25.3 Å². The van der Waals surface area contributed by atoms with E-state index in [1.54, 1.807) is 6.92 Å². The normalized spacial score (nSPS) is 11.7. The van der Waals surface area contributed by atoms with Gasteiger partial charge in [0, 0.05) is 5.56 Å². The second-order valence-corrected chi connectivity index (χ2v) is 6.89. The molecule has 0 radical (unpaired) electrons. The minimum Gasteiger partial charge on any atom is -0.465 e. The van der Waals surface area contributed by atoms with Crippen molar-refractivity contribution in [3.63, 3.8) is 0 Å². The zero-order valence-corrected chi connectivity index (χ0v) is 13.7. The highest BCUT2D eigenvalue weighted by atomic mass is 79.9. The van der Waals surface area contributed by atoms with E-state index in [1.165, 1.54) is 19.1 Å². The SMILES string of the molecule is Cc1oc(C)c(S(=O)(=O)Nc2ccc(Br)c(F)c2)c1CO. The monoisotopic (exact) mass is 377 g/mol. The van der Waals surface area contributed by atoms with Gasteiger partial charge in [0.05, 0.1) is 16.8 Å². The van der Waals surface area contributed by atoms with E-state index in [9.17, 15) is 17.9 Å². The molecule has 8 heteroatoms. The number of halogens is 2. The van der Waals surface area contributed by atoms with Crippen LogP contribution in [0, 0.1) is 19.7 Å². The standard InChI is InChI=1S/C13H13BrFNO4S/c1-7-10(6-17)13(8(2)20-7)21(18,19)16-9-3-4-11(14)12(15)5-9/h3-5,16-17H,6H2,1-2H3. The second-order valence-electron chi connectivity index (χ2n) is 4.41. The number of rotatable bonds is 4. The summed E-state index contributed by atoms with van der Waals surface area (Å²) in [7, 11) is -3.98. The van der Waals surface area contributed by atoms with Gasteiger partial charge in [-0.25, -0.2) is 12.8 Å². The van der Waals surface area contributed by atoms with Gasteiger partial charge in [-0.15, -0.1) is 0 Å². The molecule has 2 aromatic rings. The van der Waals surface area contributed by atoms with Gasteiger partial charge in [-0.05, 0) is 48.0 Å².